The smallest absolute Gasteiger partial charge is 0.119 e. The summed E-state index contributed by atoms with van der Waals surface area (Å²) in [6.07, 6.45) is -0.584. The quantitative estimate of drug-likeness (QED) is 0.853. The summed E-state index contributed by atoms with van der Waals surface area (Å²) in [5, 5.41) is 12.5. The average Bonchev–Trinajstić information content (AvgIpc) is 2.95. The standard InChI is InChI=1S/C15H19NO2S/c1-2-18-12-7-5-11(6-8-12)15(17)13(10-16)14-4-3-9-19-14/h3-9,13,15,17H,2,10,16H2,1H3. The molecule has 0 aliphatic carbocycles. The van der Waals surface area contributed by atoms with Crippen molar-refractivity contribution in [3.8, 4) is 5.75 Å². The molecule has 0 spiro atoms. The van der Waals surface area contributed by atoms with Crippen LogP contribution in [0, 0.1) is 0 Å². The van der Waals surface area contributed by atoms with E-state index in [0.717, 1.165) is 16.2 Å². The molecule has 0 amide bonds. The Kier molecular flexibility index (Phi) is 4.96. The van der Waals surface area contributed by atoms with Crippen LogP contribution in [0.2, 0.25) is 0 Å². The first kappa shape index (κ1) is 14.1. The van der Waals surface area contributed by atoms with Gasteiger partial charge in [-0.2, -0.15) is 0 Å². The lowest BCUT2D eigenvalue weighted by Gasteiger charge is -2.21. The van der Waals surface area contributed by atoms with Crippen LogP contribution in [-0.2, 0) is 0 Å². The minimum absolute atomic E-state index is 0.0575. The molecule has 2 rings (SSSR count). The number of rotatable bonds is 6. The van der Waals surface area contributed by atoms with Gasteiger partial charge in [-0.05, 0) is 36.1 Å². The van der Waals surface area contributed by atoms with Crippen LogP contribution >= 0.6 is 11.3 Å². The Balaban J connectivity index is 2.15. The molecule has 0 radical (unpaired) electrons. The number of benzene rings is 1. The second-order valence-corrected chi connectivity index (χ2v) is 5.28. The normalized spacial score (nSPS) is 14.1. The largest absolute Gasteiger partial charge is 0.494 e. The zero-order valence-electron chi connectivity index (χ0n) is 11.0. The number of hydrogen-bond donors (Lipinski definition) is 2. The highest BCUT2D eigenvalue weighted by molar-refractivity contribution is 7.10. The van der Waals surface area contributed by atoms with Crippen molar-refractivity contribution in [1.29, 1.82) is 0 Å². The Hall–Kier alpha value is -1.36. The molecule has 1 heterocycles. The van der Waals surface area contributed by atoms with E-state index < -0.39 is 6.10 Å². The van der Waals surface area contributed by atoms with Gasteiger partial charge in [0, 0.05) is 17.3 Å². The maximum absolute atomic E-state index is 10.5. The summed E-state index contributed by atoms with van der Waals surface area (Å²) in [5.41, 5.74) is 6.67. The molecule has 2 aromatic rings. The second kappa shape index (κ2) is 6.70. The molecular weight excluding hydrogens is 258 g/mol. The molecule has 2 atom stereocenters. The molecule has 2 unspecified atom stereocenters. The summed E-state index contributed by atoms with van der Waals surface area (Å²) in [7, 11) is 0. The number of thiophene rings is 1. The molecule has 3 nitrogen and oxygen atoms in total. The Morgan fingerprint density at radius 2 is 2.00 bits per heavy atom. The number of aliphatic hydroxyl groups is 1. The Morgan fingerprint density at radius 3 is 2.53 bits per heavy atom. The monoisotopic (exact) mass is 277 g/mol. The van der Waals surface area contributed by atoms with Gasteiger partial charge in [0.2, 0.25) is 0 Å². The fourth-order valence-corrected chi connectivity index (χ4v) is 2.93. The van der Waals surface area contributed by atoms with E-state index in [9.17, 15) is 5.11 Å². The molecule has 0 aliphatic heterocycles. The Bertz CT molecular complexity index is 481. The lowest BCUT2D eigenvalue weighted by Crippen LogP contribution is -2.19. The number of hydrogen-bond acceptors (Lipinski definition) is 4. The lowest BCUT2D eigenvalue weighted by molar-refractivity contribution is 0.148. The fraction of sp³-hybridized carbons (Fsp3) is 0.333. The minimum Gasteiger partial charge on any atom is -0.494 e. The maximum Gasteiger partial charge on any atom is 0.119 e. The van der Waals surface area contributed by atoms with Crippen LogP contribution in [0.5, 0.6) is 5.75 Å². The first-order chi connectivity index (χ1) is 9.26. The minimum atomic E-state index is -0.584. The van der Waals surface area contributed by atoms with Crippen LogP contribution in [0.3, 0.4) is 0 Å². The predicted octanol–water partition coefficient (Wildman–Crippen LogP) is 2.92. The van der Waals surface area contributed by atoms with Crippen LogP contribution in [0.15, 0.2) is 41.8 Å². The van der Waals surface area contributed by atoms with E-state index in [4.69, 9.17) is 10.5 Å². The highest BCUT2D eigenvalue weighted by Gasteiger charge is 2.22. The third-order valence-corrected chi connectivity index (χ3v) is 4.08. The van der Waals surface area contributed by atoms with Gasteiger partial charge in [-0.1, -0.05) is 18.2 Å². The van der Waals surface area contributed by atoms with Gasteiger partial charge in [-0.15, -0.1) is 11.3 Å². The van der Waals surface area contributed by atoms with E-state index in [1.54, 1.807) is 11.3 Å². The molecule has 0 fully saturated rings. The number of nitrogens with two attached hydrogens (primary N) is 1. The van der Waals surface area contributed by atoms with Crippen molar-refractivity contribution < 1.29 is 9.84 Å². The van der Waals surface area contributed by atoms with E-state index in [-0.39, 0.29) is 5.92 Å². The van der Waals surface area contributed by atoms with E-state index in [2.05, 4.69) is 0 Å². The zero-order valence-corrected chi connectivity index (χ0v) is 11.8. The van der Waals surface area contributed by atoms with Crippen LogP contribution in [0.1, 0.15) is 29.4 Å². The van der Waals surface area contributed by atoms with Crippen molar-refractivity contribution in [3.05, 3.63) is 52.2 Å². The first-order valence-electron chi connectivity index (χ1n) is 6.40. The lowest BCUT2D eigenvalue weighted by atomic mass is 9.94. The van der Waals surface area contributed by atoms with E-state index >= 15 is 0 Å². The van der Waals surface area contributed by atoms with Gasteiger partial charge in [0.25, 0.3) is 0 Å². The molecule has 0 bridgehead atoms. The third kappa shape index (κ3) is 3.35. The number of ether oxygens (including phenoxy) is 1. The van der Waals surface area contributed by atoms with Gasteiger partial charge in [-0.3, -0.25) is 0 Å². The Labute approximate surface area is 117 Å². The SMILES string of the molecule is CCOc1ccc(C(O)C(CN)c2cccs2)cc1. The molecule has 0 aliphatic rings. The van der Waals surface area contributed by atoms with Crippen molar-refractivity contribution in [2.75, 3.05) is 13.2 Å². The highest BCUT2D eigenvalue weighted by Crippen LogP contribution is 2.33. The van der Waals surface area contributed by atoms with Gasteiger partial charge in [0.1, 0.15) is 5.75 Å². The molecular formula is C15H19NO2S. The van der Waals surface area contributed by atoms with Gasteiger partial charge in [-0.25, -0.2) is 0 Å². The summed E-state index contributed by atoms with van der Waals surface area (Å²) in [6.45, 7) is 3.02. The Morgan fingerprint density at radius 1 is 1.26 bits per heavy atom. The van der Waals surface area contributed by atoms with Crippen LogP contribution in [-0.4, -0.2) is 18.3 Å². The summed E-state index contributed by atoms with van der Waals surface area (Å²) < 4.78 is 5.40. The van der Waals surface area contributed by atoms with Crippen molar-refractivity contribution in [3.63, 3.8) is 0 Å². The fourth-order valence-electron chi connectivity index (χ4n) is 2.06. The molecule has 0 saturated carbocycles. The number of aliphatic hydroxyl groups excluding tert-OH is 1. The van der Waals surface area contributed by atoms with Gasteiger partial charge >= 0.3 is 0 Å². The molecule has 1 aromatic carbocycles. The van der Waals surface area contributed by atoms with Crippen LogP contribution < -0.4 is 10.5 Å². The van der Waals surface area contributed by atoms with Crippen molar-refractivity contribution in [2.24, 2.45) is 5.73 Å². The van der Waals surface area contributed by atoms with Gasteiger partial charge < -0.3 is 15.6 Å². The molecule has 0 saturated heterocycles. The van der Waals surface area contributed by atoms with Crippen molar-refractivity contribution in [1.82, 2.24) is 0 Å². The topological polar surface area (TPSA) is 55.5 Å². The maximum atomic E-state index is 10.5. The van der Waals surface area contributed by atoms with Crippen LogP contribution in [0.4, 0.5) is 0 Å². The highest BCUT2D eigenvalue weighted by atomic mass is 32.1. The first-order valence-corrected chi connectivity index (χ1v) is 7.28. The summed E-state index contributed by atoms with van der Waals surface area (Å²) in [4.78, 5) is 1.11. The second-order valence-electron chi connectivity index (χ2n) is 4.30. The zero-order chi connectivity index (χ0) is 13.7. The van der Waals surface area contributed by atoms with E-state index in [1.165, 1.54) is 0 Å². The van der Waals surface area contributed by atoms with Crippen molar-refractivity contribution in [2.45, 2.75) is 18.9 Å². The summed E-state index contributed by atoms with van der Waals surface area (Å²) in [5.74, 6) is 0.761. The molecule has 19 heavy (non-hydrogen) atoms. The predicted molar refractivity (Wildman–Crippen MR) is 78.7 cm³/mol. The van der Waals surface area contributed by atoms with E-state index in [0.29, 0.717) is 13.2 Å². The van der Waals surface area contributed by atoms with Gasteiger partial charge in [0.05, 0.1) is 12.7 Å². The molecule has 1 aromatic heterocycles. The molecule has 3 N–H and O–H groups in total. The summed E-state index contributed by atoms with van der Waals surface area (Å²) in [6, 6.07) is 11.5. The summed E-state index contributed by atoms with van der Waals surface area (Å²) >= 11 is 1.63. The molecule has 4 heteroatoms. The molecule has 102 valence electrons. The van der Waals surface area contributed by atoms with Crippen molar-refractivity contribution >= 4 is 11.3 Å². The van der Waals surface area contributed by atoms with E-state index in [1.807, 2.05) is 48.7 Å². The van der Waals surface area contributed by atoms with Gasteiger partial charge in [0.15, 0.2) is 0 Å². The van der Waals surface area contributed by atoms with Crippen LogP contribution in [0.25, 0.3) is 0 Å². The third-order valence-electron chi connectivity index (χ3n) is 3.08. The average molecular weight is 277 g/mol.